The molecule has 4 aromatic rings. The quantitative estimate of drug-likeness (QED) is 0.502. The van der Waals surface area contributed by atoms with Crippen LogP contribution in [0.15, 0.2) is 73.4 Å². The standard InChI is InChI=1S/C22H14FN5O/c1-2-17-22(27-20(26-17)9-5-12-25-27)16-7-3-8-19(21(16)23)28-18(10-13-29-28)15-6-4-11-24-14-15/h1,3-14,18H/t18-/m0/s1. The van der Waals surface area contributed by atoms with E-state index in [0.717, 1.165) is 5.56 Å². The van der Waals surface area contributed by atoms with Gasteiger partial charge in [-0.2, -0.15) is 10.2 Å². The molecule has 4 heterocycles. The molecule has 0 spiro atoms. The van der Waals surface area contributed by atoms with Crippen LogP contribution < -0.4 is 5.06 Å². The molecule has 3 aromatic heterocycles. The molecule has 0 amide bonds. The van der Waals surface area contributed by atoms with Crippen LogP contribution in [0.4, 0.5) is 10.1 Å². The van der Waals surface area contributed by atoms with Crippen molar-refractivity contribution < 1.29 is 9.23 Å². The van der Waals surface area contributed by atoms with Gasteiger partial charge in [-0.3, -0.25) is 4.98 Å². The van der Waals surface area contributed by atoms with E-state index < -0.39 is 5.82 Å². The molecule has 5 rings (SSSR count). The van der Waals surface area contributed by atoms with E-state index in [0.29, 0.717) is 22.6 Å². The minimum atomic E-state index is -0.478. The molecule has 29 heavy (non-hydrogen) atoms. The number of rotatable bonds is 3. The Morgan fingerprint density at radius 2 is 2.00 bits per heavy atom. The Labute approximate surface area is 165 Å². The van der Waals surface area contributed by atoms with E-state index in [9.17, 15) is 0 Å². The zero-order chi connectivity index (χ0) is 19.8. The topological polar surface area (TPSA) is 55.5 Å². The smallest absolute Gasteiger partial charge is 0.159 e. The van der Waals surface area contributed by atoms with Gasteiger partial charge in [0.2, 0.25) is 0 Å². The summed E-state index contributed by atoms with van der Waals surface area (Å²) in [5.74, 6) is 2.05. The summed E-state index contributed by atoms with van der Waals surface area (Å²) >= 11 is 0. The fourth-order valence-electron chi connectivity index (χ4n) is 3.43. The molecule has 0 bridgehead atoms. The van der Waals surface area contributed by atoms with E-state index in [2.05, 4.69) is 21.0 Å². The first-order valence-corrected chi connectivity index (χ1v) is 8.90. The molecular weight excluding hydrogens is 369 g/mol. The molecule has 6 nitrogen and oxygen atoms in total. The van der Waals surface area contributed by atoms with Crippen LogP contribution in [0.25, 0.3) is 16.9 Å². The molecule has 0 saturated carbocycles. The summed E-state index contributed by atoms with van der Waals surface area (Å²) in [6.07, 6.45) is 14.0. The molecule has 1 aromatic carbocycles. The highest BCUT2D eigenvalue weighted by atomic mass is 19.1. The lowest BCUT2D eigenvalue weighted by atomic mass is 10.1. The van der Waals surface area contributed by atoms with Crippen LogP contribution in [0, 0.1) is 18.2 Å². The highest BCUT2D eigenvalue weighted by Crippen LogP contribution is 2.38. The number of terminal acetylenes is 1. The van der Waals surface area contributed by atoms with Crippen LogP contribution in [0.5, 0.6) is 0 Å². The number of nitrogens with zero attached hydrogens (tertiary/aromatic N) is 5. The van der Waals surface area contributed by atoms with E-state index in [1.807, 2.05) is 18.2 Å². The number of imidazole rings is 1. The predicted molar refractivity (Wildman–Crippen MR) is 106 cm³/mol. The number of benzene rings is 1. The Morgan fingerprint density at radius 3 is 2.83 bits per heavy atom. The number of halogens is 1. The summed E-state index contributed by atoms with van der Waals surface area (Å²) in [4.78, 5) is 14.1. The first-order chi connectivity index (χ1) is 14.3. The molecule has 0 radical (unpaired) electrons. The molecule has 140 valence electrons. The van der Waals surface area contributed by atoms with E-state index >= 15 is 4.39 Å². The second-order valence-corrected chi connectivity index (χ2v) is 6.38. The Kier molecular flexibility index (Phi) is 3.96. The van der Waals surface area contributed by atoms with Gasteiger partial charge in [0.1, 0.15) is 29.4 Å². The SMILES string of the molecule is C#Cc1nc2cccnn2c1-c1cccc(N2OC=C[C@H]2c2cccnc2)c1F. The average Bonchev–Trinajstić information content (AvgIpc) is 3.39. The summed E-state index contributed by atoms with van der Waals surface area (Å²) in [7, 11) is 0. The second-order valence-electron chi connectivity index (χ2n) is 6.38. The number of hydrogen-bond donors (Lipinski definition) is 0. The number of anilines is 1. The van der Waals surface area contributed by atoms with Crippen LogP contribution >= 0.6 is 0 Å². The lowest BCUT2D eigenvalue weighted by Gasteiger charge is -2.25. The van der Waals surface area contributed by atoms with Gasteiger partial charge < -0.3 is 4.84 Å². The first-order valence-electron chi connectivity index (χ1n) is 8.90. The maximum Gasteiger partial charge on any atom is 0.159 e. The third kappa shape index (κ3) is 2.70. The van der Waals surface area contributed by atoms with Gasteiger partial charge in [0, 0.05) is 29.7 Å². The van der Waals surface area contributed by atoms with Crippen molar-refractivity contribution in [2.45, 2.75) is 6.04 Å². The molecule has 7 heteroatoms. The predicted octanol–water partition coefficient (Wildman–Crippen LogP) is 3.92. The van der Waals surface area contributed by atoms with Crippen LogP contribution in [-0.2, 0) is 4.84 Å². The van der Waals surface area contributed by atoms with Crippen LogP contribution in [-0.4, -0.2) is 19.6 Å². The summed E-state index contributed by atoms with van der Waals surface area (Å²) in [5, 5.41) is 5.79. The Morgan fingerprint density at radius 1 is 1.10 bits per heavy atom. The van der Waals surface area contributed by atoms with Gasteiger partial charge in [-0.05, 0) is 42.3 Å². The summed E-state index contributed by atoms with van der Waals surface area (Å²) in [6.45, 7) is 0. The van der Waals surface area contributed by atoms with Crippen molar-refractivity contribution in [3.63, 3.8) is 0 Å². The first kappa shape index (κ1) is 17.0. The Hall–Kier alpha value is -4.18. The van der Waals surface area contributed by atoms with Crippen LogP contribution in [0.1, 0.15) is 17.3 Å². The Bertz CT molecular complexity index is 1280. The lowest BCUT2D eigenvalue weighted by molar-refractivity contribution is 0.221. The molecule has 0 saturated heterocycles. The van der Waals surface area contributed by atoms with Gasteiger partial charge in [-0.15, -0.1) is 6.42 Å². The van der Waals surface area contributed by atoms with Gasteiger partial charge >= 0.3 is 0 Å². The number of pyridine rings is 1. The normalized spacial score (nSPS) is 15.4. The lowest BCUT2D eigenvalue weighted by Crippen LogP contribution is -2.23. The third-order valence-corrected chi connectivity index (χ3v) is 4.71. The highest BCUT2D eigenvalue weighted by molar-refractivity contribution is 5.74. The zero-order valence-corrected chi connectivity index (χ0v) is 15.1. The average molecular weight is 383 g/mol. The molecule has 0 unspecified atom stereocenters. The molecule has 1 aliphatic heterocycles. The van der Waals surface area contributed by atoms with Gasteiger partial charge in [0.25, 0.3) is 0 Å². The largest absolute Gasteiger partial charge is 0.387 e. The molecular formula is C22H14FN5O. The molecule has 0 aliphatic carbocycles. The number of hydroxylamine groups is 1. The van der Waals surface area contributed by atoms with Crippen molar-refractivity contribution >= 4 is 11.3 Å². The summed E-state index contributed by atoms with van der Waals surface area (Å²) in [5.41, 5.74) is 2.74. The van der Waals surface area contributed by atoms with Crippen LogP contribution in [0.2, 0.25) is 0 Å². The monoisotopic (exact) mass is 383 g/mol. The Balaban J connectivity index is 1.65. The second kappa shape index (κ2) is 6.77. The van der Waals surface area contributed by atoms with Gasteiger partial charge in [0.15, 0.2) is 11.5 Å². The maximum absolute atomic E-state index is 15.7. The molecule has 1 aliphatic rings. The van der Waals surface area contributed by atoms with Crippen molar-refractivity contribution in [1.82, 2.24) is 19.6 Å². The van der Waals surface area contributed by atoms with E-state index in [1.54, 1.807) is 53.4 Å². The van der Waals surface area contributed by atoms with Gasteiger partial charge in [-0.1, -0.05) is 12.1 Å². The van der Waals surface area contributed by atoms with Crippen molar-refractivity contribution in [3.8, 4) is 23.6 Å². The minimum absolute atomic E-state index is 0.273. The number of fused-ring (bicyclic) bond motifs is 1. The summed E-state index contributed by atoms with van der Waals surface area (Å²) in [6, 6.07) is 12.0. The van der Waals surface area contributed by atoms with Crippen molar-refractivity contribution in [1.29, 1.82) is 0 Å². The van der Waals surface area contributed by atoms with E-state index in [1.165, 1.54) is 11.3 Å². The fraction of sp³-hybridized carbons (Fsp3) is 0.0455. The maximum atomic E-state index is 15.7. The molecule has 0 N–H and O–H groups in total. The summed E-state index contributed by atoms with van der Waals surface area (Å²) < 4.78 is 17.3. The molecule has 1 atom stereocenters. The van der Waals surface area contributed by atoms with Crippen molar-refractivity contribution in [2.24, 2.45) is 0 Å². The van der Waals surface area contributed by atoms with E-state index in [4.69, 9.17) is 11.3 Å². The van der Waals surface area contributed by atoms with Crippen molar-refractivity contribution in [2.75, 3.05) is 5.06 Å². The van der Waals surface area contributed by atoms with Gasteiger partial charge in [0.05, 0.1) is 0 Å². The van der Waals surface area contributed by atoms with Gasteiger partial charge in [-0.25, -0.2) is 13.9 Å². The highest BCUT2D eigenvalue weighted by Gasteiger charge is 2.29. The fourth-order valence-corrected chi connectivity index (χ4v) is 3.43. The number of hydrogen-bond acceptors (Lipinski definition) is 5. The zero-order valence-electron chi connectivity index (χ0n) is 15.1. The van der Waals surface area contributed by atoms with E-state index in [-0.39, 0.29) is 11.7 Å². The minimum Gasteiger partial charge on any atom is -0.387 e. The van der Waals surface area contributed by atoms with Crippen molar-refractivity contribution in [3.05, 3.63) is 90.5 Å². The third-order valence-electron chi connectivity index (χ3n) is 4.71. The van der Waals surface area contributed by atoms with Crippen LogP contribution in [0.3, 0.4) is 0 Å². The molecule has 0 fully saturated rings. The number of aromatic nitrogens is 4.